The van der Waals surface area contributed by atoms with Crippen LogP contribution in [0.3, 0.4) is 0 Å². The van der Waals surface area contributed by atoms with Crippen LogP contribution in [0, 0.1) is 0 Å². The van der Waals surface area contributed by atoms with E-state index in [0.717, 1.165) is 15.8 Å². The van der Waals surface area contributed by atoms with Gasteiger partial charge in [0.1, 0.15) is 10.1 Å². The molecule has 3 rings (SSSR count). The van der Waals surface area contributed by atoms with Gasteiger partial charge in [0.25, 0.3) is 0 Å². The number of hydrogen-bond acceptors (Lipinski definition) is 5. The van der Waals surface area contributed by atoms with Gasteiger partial charge in [-0.25, -0.2) is 4.99 Å². The molecule has 1 N–H and O–H groups in total. The molecular weight excluding hydrogens is 366 g/mol. The van der Waals surface area contributed by atoms with E-state index in [9.17, 15) is 13.6 Å². The number of alkyl halides is 2. The molecule has 130 valence electrons. The highest BCUT2D eigenvalue weighted by Crippen LogP contribution is 2.34. The lowest BCUT2D eigenvalue weighted by molar-refractivity contribution is -0.113. The number of para-hydroxylation sites is 1. The number of anilines is 1. The maximum Gasteiger partial charge on any atom is 0.387 e. The maximum atomic E-state index is 12.1. The van der Waals surface area contributed by atoms with Gasteiger partial charge in [-0.2, -0.15) is 8.78 Å². The summed E-state index contributed by atoms with van der Waals surface area (Å²) in [6.07, 6.45) is 0. The van der Waals surface area contributed by atoms with E-state index in [2.05, 4.69) is 15.0 Å². The van der Waals surface area contributed by atoms with Gasteiger partial charge in [0.15, 0.2) is 0 Å². The summed E-state index contributed by atoms with van der Waals surface area (Å²) in [7, 11) is 0. The SMILES string of the molecule is O=C(CSC1=Nc2ccccc2CS1)Nc1ccc(OC(F)F)cc1. The number of hydrogen-bond donors (Lipinski definition) is 1. The molecule has 0 saturated carbocycles. The zero-order valence-corrected chi connectivity index (χ0v) is 14.6. The molecule has 0 saturated heterocycles. The predicted molar refractivity (Wildman–Crippen MR) is 99.0 cm³/mol. The van der Waals surface area contributed by atoms with E-state index in [-0.39, 0.29) is 17.4 Å². The molecule has 1 amide bonds. The molecule has 0 aliphatic carbocycles. The lowest BCUT2D eigenvalue weighted by atomic mass is 10.2. The highest BCUT2D eigenvalue weighted by molar-refractivity contribution is 8.38. The number of halogens is 2. The lowest BCUT2D eigenvalue weighted by Crippen LogP contribution is -2.15. The van der Waals surface area contributed by atoms with Crippen LogP contribution in [0.2, 0.25) is 0 Å². The van der Waals surface area contributed by atoms with Crippen molar-refractivity contribution >= 4 is 45.2 Å². The minimum Gasteiger partial charge on any atom is -0.435 e. The van der Waals surface area contributed by atoms with E-state index in [0.29, 0.717) is 5.69 Å². The van der Waals surface area contributed by atoms with Gasteiger partial charge in [-0.1, -0.05) is 41.7 Å². The van der Waals surface area contributed by atoms with E-state index < -0.39 is 6.61 Å². The Balaban J connectivity index is 1.51. The Kier molecular flexibility index (Phi) is 5.93. The Morgan fingerprint density at radius 1 is 1.24 bits per heavy atom. The fourth-order valence-electron chi connectivity index (χ4n) is 2.13. The molecule has 1 aliphatic rings. The third-order valence-electron chi connectivity index (χ3n) is 3.24. The van der Waals surface area contributed by atoms with Crippen molar-refractivity contribution < 1.29 is 18.3 Å². The van der Waals surface area contributed by atoms with Gasteiger partial charge < -0.3 is 10.1 Å². The molecule has 0 atom stereocenters. The summed E-state index contributed by atoms with van der Waals surface area (Å²) >= 11 is 2.98. The van der Waals surface area contributed by atoms with Crippen LogP contribution in [-0.2, 0) is 10.5 Å². The number of amides is 1. The molecule has 0 aromatic heterocycles. The van der Waals surface area contributed by atoms with Crippen molar-refractivity contribution in [1.82, 2.24) is 0 Å². The van der Waals surface area contributed by atoms with E-state index in [1.54, 1.807) is 11.8 Å². The van der Waals surface area contributed by atoms with Crippen LogP contribution in [0.15, 0.2) is 53.5 Å². The van der Waals surface area contributed by atoms with Crippen LogP contribution in [0.1, 0.15) is 5.56 Å². The molecule has 0 unspecified atom stereocenters. The van der Waals surface area contributed by atoms with Crippen molar-refractivity contribution in [3.05, 3.63) is 54.1 Å². The van der Waals surface area contributed by atoms with E-state index in [1.165, 1.54) is 41.6 Å². The average molecular weight is 380 g/mol. The second-order valence-electron chi connectivity index (χ2n) is 5.03. The first-order valence-electron chi connectivity index (χ1n) is 7.37. The second kappa shape index (κ2) is 8.35. The zero-order chi connectivity index (χ0) is 17.6. The molecule has 25 heavy (non-hydrogen) atoms. The summed E-state index contributed by atoms with van der Waals surface area (Å²) in [5.41, 5.74) is 2.65. The van der Waals surface area contributed by atoms with Crippen molar-refractivity contribution in [2.45, 2.75) is 12.4 Å². The fourth-order valence-corrected chi connectivity index (χ4v) is 3.99. The van der Waals surface area contributed by atoms with E-state index >= 15 is 0 Å². The van der Waals surface area contributed by atoms with Crippen LogP contribution in [0.5, 0.6) is 5.75 Å². The number of carbonyl (C=O) groups is 1. The number of rotatable bonds is 5. The number of nitrogens with zero attached hydrogens (tertiary/aromatic N) is 1. The summed E-state index contributed by atoms with van der Waals surface area (Å²) in [6, 6.07) is 13.7. The summed E-state index contributed by atoms with van der Waals surface area (Å²) in [6.45, 7) is -2.87. The summed E-state index contributed by atoms with van der Waals surface area (Å²) in [5, 5.41) is 2.71. The van der Waals surface area contributed by atoms with Crippen molar-refractivity contribution in [1.29, 1.82) is 0 Å². The molecular formula is C17H14F2N2O2S2. The minimum atomic E-state index is -2.87. The van der Waals surface area contributed by atoms with Gasteiger partial charge in [-0.15, -0.1) is 0 Å². The summed E-state index contributed by atoms with van der Waals surface area (Å²) in [5.74, 6) is 0.932. The fraction of sp³-hybridized carbons (Fsp3) is 0.176. The molecule has 0 bridgehead atoms. The Hall–Kier alpha value is -2.06. The molecule has 1 aliphatic heterocycles. The molecule has 2 aromatic rings. The van der Waals surface area contributed by atoms with Gasteiger partial charge in [-0.3, -0.25) is 4.79 Å². The summed E-state index contributed by atoms with van der Waals surface area (Å²) in [4.78, 5) is 16.6. The van der Waals surface area contributed by atoms with Crippen LogP contribution >= 0.6 is 23.5 Å². The third kappa shape index (κ3) is 5.20. The largest absolute Gasteiger partial charge is 0.435 e. The summed E-state index contributed by atoms with van der Waals surface area (Å²) < 4.78 is 29.3. The van der Waals surface area contributed by atoms with E-state index in [1.807, 2.05) is 24.3 Å². The first-order valence-corrected chi connectivity index (χ1v) is 9.34. The highest BCUT2D eigenvalue weighted by Gasteiger charge is 2.14. The average Bonchev–Trinajstić information content (AvgIpc) is 2.61. The second-order valence-corrected chi connectivity index (χ2v) is 7.22. The van der Waals surface area contributed by atoms with Crippen LogP contribution in [0.4, 0.5) is 20.2 Å². The third-order valence-corrected chi connectivity index (χ3v) is 5.49. The van der Waals surface area contributed by atoms with Crippen molar-refractivity contribution in [3.63, 3.8) is 0 Å². The Labute approximate surface area is 152 Å². The van der Waals surface area contributed by atoms with Crippen molar-refractivity contribution in [2.75, 3.05) is 11.1 Å². The van der Waals surface area contributed by atoms with Crippen LogP contribution < -0.4 is 10.1 Å². The number of carbonyl (C=O) groups excluding carboxylic acids is 1. The van der Waals surface area contributed by atoms with Crippen LogP contribution in [0.25, 0.3) is 0 Å². The first-order chi connectivity index (χ1) is 12.1. The molecule has 0 spiro atoms. The number of nitrogens with one attached hydrogen (secondary N) is 1. The molecule has 8 heteroatoms. The Morgan fingerprint density at radius 3 is 2.76 bits per heavy atom. The van der Waals surface area contributed by atoms with Gasteiger partial charge in [0.05, 0.1) is 11.4 Å². The number of aliphatic imine (C=N–C) groups is 1. The monoisotopic (exact) mass is 380 g/mol. The Morgan fingerprint density at radius 2 is 2.00 bits per heavy atom. The minimum absolute atomic E-state index is 0.0500. The number of thioether (sulfide) groups is 2. The first kappa shape index (κ1) is 17.8. The number of benzene rings is 2. The highest BCUT2D eigenvalue weighted by atomic mass is 32.2. The van der Waals surface area contributed by atoms with E-state index in [4.69, 9.17) is 0 Å². The van der Waals surface area contributed by atoms with Gasteiger partial charge in [0.2, 0.25) is 5.91 Å². The number of ether oxygens (including phenoxy) is 1. The van der Waals surface area contributed by atoms with Gasteiger partial charge >= 0.3 is 6.61 Å². The number of fused-ring (bicyclic) bond motifs is 1. The van der Waals surface area contributed by atoms with Crippen molar-refractivity contribution in [2.24, 2.45) is 4.99 Å². The Bertz CT molecular complexity index is 782. The van der Waals surface area contributed by atoms with Crippen molar-refractivity contribution in [3.8, 4) is 5.75 Å². The van der Waals surface area contributed by atoms with Gasteiger partial charge in [0, 0.05) is 11.4 Å². The maximum absolute atomic E-state index is 12.1. The lowest BCUT2D eigenvalue weighted by Gasteiger charge is -2.14. The molecule has 0 fully saturated rings. The molecule has 2 aromatic carbocycles. The van der Waals surface area contributed by atoms with Gasteiger partial charge in [-0.05, 0) is 35.9 Å². The zero-order valence-electron chi connectivity index (χ0n) is 12.9. The molecule has 1 heterocycles. The molecule has 0 radical (unpaired) electrons. The normalized spacial score (nSPS) is 13.2. The topological polar surface area (TPSA) is 50.7 Å². The smallest absolute Gasteiger partial charge is 0.387 e. The van der Waals surface area contributed by atoms with Crippen LogP contribution in [-0.4, -0.2) is 22.6 Å². The standard InChI is InChI=1S/C17H14F2N2O2S2/c18-16(19)23-13-7-5-12(6-8-13)20-15(22)10-25-17-21-14-4-2-1-3-11(14)9-24-17/h1-8,16H,9-10H2,(H,20,22). The predicted octanol–water partition coefficient (Wildman–Crippen LogP) is 4.89. The molecule has 4 nitrogen and oxygen atoms in total. The quantitative estimate of drug-likeness (QED) is 0.802.